The summed E-state index contributed by atoms with van der Waals surface area (Å²) in [5.41, 5.74) is 6.45. The van der Waals surface area contributed by atoms with E-state index in [1.807, 2.05) is 24.3 Å². The Labute approximate surface area is 117 Å². The number of ether oxygens (including phenoxy) is 1. The van der Waals surface area contributed by atoms with Crippen LogP contribution in [0, 0.1) is 0 Å². The minimum absolute atomic E-state index is 0.738. The summed E-state index contributed by atoms with van der Waals surface area (Å²) < 4.78 is 5.67. The van der Waals surface area contributed by atoms with Crippen LogP contribution in [0.3, 0.4) is 0 Å². The van der Waals surface area contributed by atoms with Gasteiger partial charge in [-0.05, 0) is 59.2 Å². The number of hydrogen-bond acceptors (Lipinski definition) is 4. The van der Waals surface area contributed by atoms with Gasteiger partial charge < -0.3 is 20.3 Å². The van der Waals surface area contributed by atoms with E-state index in [0.717, 1.165) is 44.1 Å². The minimum atomic E-state index is 0.738. The average molecular weight is 265 g/mol. The highest BCUT2D eigenvalue weighted by atomic mass is 16.5. The van der Waals surface area contributed by atoms with E-state index in [4.69, 9.17) is 10.5 Å². The molecule has 0 amide bonds. The highest BCUT2D eigenvalue weighted by Gasteiger charge is 2.00. The van der Waals surface area contributed by atoms with Gasteiger partial charge in [0.1, 0.15) is 5.75 Å². The number of nitrogens with zero attached hydrogens (tertiary/aromatic N) is 2. The van der Waals surface area contributed by atoms with Crippen LogP contribution in [-0.4, -0.2) is 57.2 Å². The first-order valence-corrected chi connectivity index (χ1v) is 6.89. The van der Waals surface area contributed by atoms with Gasteiger partial charge in [0.05, 0.1) is 6.61 Å². The zero-order valence-corrected chi connectivity index (χ0v) is 12.4. The monoisotopic (exact) mass is 265 g/mol. The number of nitrogen functional groups attached to an aromatic ring is 1. The molecule has 0 aliphatic carbocycles. The standard InChI is InChI=1S/C15H27N3O/c1-17(2)9-5-10-18(3)11-6-12-19-15-8-4-7-14(16)13-15/h4,7-8,13H,5-6,9-12,16H2,1-3H3. The van der Waals surface area contributed by atoms with Crippen molar-refractivity contribution in [1.82, 2.24) is 9.80 Å². The fourth-order valence-corrected chi connectivity index (χ4v) is 1.90. The van der Waals surface area contributed by atoms with Crippen LogP contribution in [0.25, 0.3) is 0 Å². The van der Waals surface area contributed by atoms with E-state index in [-0.39, 0.29) is 0 Å². The average Bonchev–Trinajstić information content (AvgIpc) is 2.34. The molecule has 0 aliphatic heterocycles. The summed E-state index contributed by atoms with van der Waals surface area (Å²) in [5, 5.41) is 0. The molecule has 1 aromatic rings. The molecule has 0 spiro atoms. The summed E-state index contributed by atoms with van der Waals surface area (Å²) in [4.78, 5) is 4.57. The van der Waals surface area contributed by atoms with Gasteiger partial charge in [-0.2, -0.15) is 0 Å². The van der Waals surface area contributed by atoms with Crippen molar-refractivity contribution in [2.45, 2.75) is 12.8 Å². The maximum Gasteiger partial charge on any atom is 0.121 e. The van der Waals surface area contributed by atoms with E-state index in [1.54, 1.807) is 0 Å². The molecule has 4 nitrogen and oxygen atoms in total. The molecule has 0 radical (unpaired) electrons. The molecule has 1 rings (SSSR count). The Morgan fingerprint density at radius 2 is 1.79 bits per heavy atom. The quantitative estimate of drug-likeness (QED) is 0.547. The van der Waals surface area contributed by atoms with E-state index < -0.39 is 0 Å². The first kappa shape index (κ1) is 15.8. The Bertz CT molecular complexity index is 355. The van der Waals surface area contributed by atoms with Crippen LogP contribution in [0.2, 0.25) is 0 Å². The summed E-state index contributed by atoms with van der Waals surface area (Å²) in [7, 11) is 6.38. The van der Waals surface area contributed by atoms with Crippen molar-refractivity contribution < 1.29 is 4.74 Å². The first-order valence-electron chi connectivity index (χ1n) is 6.89. The molecule has 0 aliphatic rings. The predicted molar refractivity (Wildman–Crippen MR) is 81.6 cm³/mol. The van der Waals surface area contributed by atoms with E-state index in [0.29, 0.717) is 0 Å². The van der Waals surface area contributed by atoms with Gasteiger partial charge in [-0.3, -0.25) is 0 Å². The summed E-state index contributed by atoms with van der Waals surface area (Å²) in [6.45, 7) is 4.08. The van der Waals surface area contributed by atoms with E-state index in [9.17, 15) is 0 Å². The van der Waals surface area contributed by atoms with E-state index in [2.05, 4.69) is 30.9 Å². The first-order chi connectivity index (χ1) is 9.08. The summed E-state index contributed by atoms with van der Waals surface area (Å²) in [5.74, 6) is 0.857. The number of rotatable bonds is 9. The van der Waals surface area contributed by atoms with Crippen LogP contribution in [0.15, 0.2) is 24.3 Å². The molecule has 0 unspecified atom stereocenters. The largest absolute Gasteiger partial charge is 0.493 e. The predicted octanol–water partition coefficient (Wildman–Crippen LogP) is 1.92. The van der Waals surface area contributed by atoms with Crippen LogP contribution in [0.4, 0.5) is 5.69 Å². The Kier molecular flexibility index (Phi) is 7.30. The second-order valence-electron chi connectivity index (χ2n) is 5.23. The van der Waals surface area contributed by atoms with E-state index >= 15 is 0 Å². The maximum atomic E-state index is 5.70. The molecule has 1 aromatic carbocycles. The van der Waals surface area contributed by atoms with Crippen molar-refractivity contribution >= 4 is 5.69 Å². The van der Waals surface area contributed by atoms with Crippen LogP contribution >= 0.6 is 0 Å². The highest BCUT2D eigenvalue weighted by molar-refractivity contribution is 5.43. The molecule has 4 heteroatoms. The zero-order chi connectivity index (χ0) is 14.1. The number of hydrogen-bond donors (Lipinski definition) is 1. The van der Waals surface area contributed by atoms with Gasteiger partial charge >= 0.3 is 0 Å². The summed E-state index contributed by atoms with van der Waals surface area (Å²) in [6, 6.07) is 7.58. The van der Waals surface area contributed by atoms with Crippen molar-refractivity contribution in [1.29, 1.82) is 0 Å². The van der Waals surface area contributed by atoms with Crippen molar-refractivity contribution in [2.24, 2.45) is 0 Å². The molecule has 2 N–H and O–H groups in total. The van der Waals surface area contributed by atoms with Crippen molar-refractivity contribution in [3.63, 3.8) is 0 Å². The fraction of sp³-hybridized carbons (Fsp3) is 0.600. The van der Waals surface area contributed by atoms with Crippen LogP contribution in [0.1, 0.15) is 12.8 Å². The van der Waals surface area contributed by atoms with Gasteiger partial charge in [0.25, 0.3) is 0 Å². The third kappa shape index (κ3) is 7.70. The van der Waals surface area contributed by atoms with Gasteiger partial charge in [-0.15, -0.1) is 0 Å². The smallest absolute Gasteiger partial charge is 0.121 e. The topological polar surface area (TPSA) is 41.7 Å². The van der Waals surface area contributed by atoms with Crippen LogP contribution in [-0.2, 0) is 0 Å². The Balaban J connectivity index is 2.07. The molecular weight excluding hydrogens is 238 g/mol. The molecular formula is C15H27N3O. The Morgan fingerprint density at radius 1 is 1.05 bits per heavy atom. The van der Waals surface area contributed by atoms with Gasteiger partial charge in [-0.1, -0.05) is 6.07 Å². The Morgan fingerprint density at radius 3 is 2.47 bits per heavy atom. The molecule has 0 aromatic heterocycles. The number of nitrogens with two attached hydrogens (primary N) is 1. The Hall–Kier alpha value is -1.26. The molecule has 0 heterocycles. The van der Waals surface area contributed by atoms with Gasteiger partial charge in [-0.25, -0.2) is 0 Å². The zero-order valence-electron chi connectivity index (χ0n) is 12.4. The molecule has 0 bridgehead atoms. The summed E-state index contributed by atoms with van der Waals surface area (Å²) >= 11 is 0. The van der Waals surface area contributed by atoms with Gasteiger partial charge in [0.2, 0.25) is 0 Å². The minimum Gasteiger partial charge on any atom is -0.493 e. The molecule has 0 atom stereocenters. The molecule has 0 saturated heterocycles. The van der Waals surface area contributed by atoms with Crippen LogP contribution < -0.4 is 10.5 Å². The number of anilines is 1. The lowest BCUT2D eigenvalue weighted by Gasteiger charge is -2.18. The normalized spacial score (nSPS) is 11.2. The second-order valence-corrected chi connectivity index (χ2v) is 5.23. The lowest BCUT2D eigenvalue weighted by molar-refractivity contribution is 0.254. The third-order valence-electron chi connectivity index (χ3n) is 2.96. The molecule has 0 fully saturated rings. The van der Waals surface area contributed by atoms with Gasteiger partial charge in [0.15, 0.2) is 0 Å². The lowest BCUT2D eigenvalue weighted by atomic mass is 10.3. The summed E-state index contributed by atoms with van der Waals surface area (Å²) in [6.07, 6.45) is 2.24. The van der Waals surface area contributed by atoms with Crippen molar-refractivity contribution in [3.05, 3.63) is 24.3 Å². The third-order valence-corrected chi connectivity index (χ3v) is 2.96. The second kappa shape index (κ2) is 8.77. The van der Waals surface area contributed by atoms with E-state index in [1.165, 1.54) is 6.42 Å². The van der Waals surface area contributed by atoms with Crippen molar-refractivity contribution in [2.75, 3.05) is 53.1 Å². The SMILES string of the molecule is CN(C)CCCN(C)CCCOc1cccc(N)c1. The fourth-order valence-electron chi connectivity index (χ4n) is 1.90. The van der Waals surface area contributed by atoms with Crippen molar-refractivity contribution in [3.8, 4) is 5.75 Å². The highest BCUT2D eigenvalue weighted by Crippen LogP contribution is 2.14. The number of benzene rings is 1. The molecule has 0 saturated carbocycles. The lowest BCUT2D eigenvalue weighted by Crippen LogP contribution is -2.25. The molecule has 19 heavy (non-hydrogen) atoms. The molecule has 108 valence electrons. The van der Waals surface area contributed by atoms with Crippen LogP contribution in [0.5, 0.6) is 5.75 Å². The van der Waals surface area contributed by atoms with Gasteiger partial charge in [0, 0.05) is 18.3 Å². The maximum absolute atomic E-state index is 5.70.